The molecule has 0 unspecified atom stereocenters. The molecule has 3 aromatic rings. The number of ether oxygens (including phenoxy) is 1. The van der Waals surface area contributed by atoms with E-state index in [1.54, 1.807) is 18.2 Å². The molecular weight excluding hydrogens is 376 g/mol. The van der Waals surface area contributed by atoms with Gasteiger partial charge in [-0.2, -0.15) is 0 Å². The third-order valence-electron chi connectivity index (χ3n) is 4.40. The van der Waals surface area contributed by atoms with Crippen LogP contribution in [0.2, 0.25) is 0 Å². The molecule has 0 atom stereocenters. The van der Waals surface area contributed by atoms with Gasteiger partial charge >= 0.3 is 6.09 Å². The minimum atomic E-state index is -0.576. The first kappa shape index (κ1) is 21.2. The Kier molecular flexibility index (Phi) is 6.31. The Morgan fingerprint density at radius 1 is 0.933 bits per heavy atom. The van der Waals surface area contributed by atoms with Crippen LogP contribution in [-0.2, 0) is 11.3 Å². The lowest BCUT2D eigenvalue weighted by molar-refractivity contribution is 0.0523. The molecule has 5 nitrogen and oxygen atoms in total. The van der Waals surface area contributed by atoms with E-state index in [-0.39, 0.29) is 12.3 Å². The summed E-state index contributed by atoms with van der Waals surface area (Å²) >= 11 is 0. The molecule has 154 valence electrons. The van der Waals surface area contributed by atoms with Gasteiger partial charge in [0.2, 0.25) is 0 Å². The number of carbonyl (C=O) groups is 2. The second-order valence-corrected chi connectivity index (χ2v) is 8.06. The van der Waals surface area contributed by atoms with Crippen molar-refractivity contribution < 1.29 is 14.3 Å². The average molecular weight is 402 g/mol. The number of hydrogen-bond acceptors (Lipinski definition) is 4. The topological polar surface area (TPSA) is 68.3 Å². The molecule has 1 amide bonds. The first-order valence-corrected chi connectivity index (χ1v) is 9.87. The number of aryl methyl sites for hydroxylation is 1. The maximum atomic E-state index is 13.1. The van der Waals surface area contributed by atoms with Gasteiger partial charge < -0.3 is 10.1 Å². The van der Waals surface area contributed by atoms with E-state index in [0.29, 0.717) is 16.8 Å². The molecule has 30 heavy (non-hydrogen) atoms. The highest BCUT2D eigenvalue weighted by Crippen LogP contribution is 2.28. The number of ketones is 1. The molecule has 1 N–H and O–H groups in total. The molecule has 2 aromatic carbocycles. The van der Waals surface area contributed by atoms with Crippen molar-refractivity contribution in [2.45, 2.75) is 39.8 Å². The number of rotatable bonds is 5. The number of pyridine rings is 1. The summed E-state index contributed by atoms with van der Waals surface area (Å²) in [6.07, 6.45) is -0.498. The second-order valence-electron chi connectivity index (χ2n) is 8.06. The predicted molar refractivity (Wildman–Crippen MR) is 117 cm³/mol. The van der Waals surface area contributed by atoms with Gasteiger partial charge in [-0.05, 0) is 39.3 Å². The largest absolute Gasteiger partial charge is 0.444 e. The van der Waals surface area contributed by atoms with E-state index in [4.69, 9.17) is 4.74 Å². The zero-order chi connectivity index (χ0) is 21.7. The zero-order valence-electron chi connectivity index (χ0n) is 17.7. The lowest BCUT2D eigenvalue weighted by atomic mass is 9.94. The molecule has 5 heteroatoms. The van der Waals surface area contributed by atoms with Crippen LogP contribution < -0.4 is 5.32 Å². The highest BCUT2D eigenvalue weighted by Gasteiger charge is 2.19. The molecule has 0 aliphatic rings. The quantitative estimate of drug-likeness (QED) is 0.587. The van der Waals surface area contributed by atoms with Gasteiger partial charge in [-0.3, -0.25) is 9.78 Å². The number of alkyl carbamates (subject to hydrolysis) is 1. The number of hydrogen-bond donors (Lipinski definition) is 1. The molecule has 0 saturated carbocycles. The molecule has 0 spiro atoms. The lowest BCUT2D eigenvalue weighted by Gasteiger charge is -2.20. The second kappa shape index (κ2) is 8.91. The first-order chi connectivity index (χ1) is 14.2. The first-order valence-electron chi connectivity index (χ1n) is 9.87. The fourth-order valence-electron chi connectivity index (χ4n) is 3.08. The molecule has 0 aliphatic carbocycles. The van der Waals surface area contributed by atoms with Crippen molar-refractivity contribution in [1.82, 2.24) is 10.3 Å². The maximum Gasteiger partial charge on any atom is 0.407 e. The molecule has 0 saturated heterocycles. The van der Waals surface area contributed by atoms with Crippen LogP contribution in [0.25, 0.3) is 11.3 Å². The van der Waals surface area contributed by atoms with Gasteiger partial charge in [-0.25, -0.2) is 4.79 Å². The normalized spacial score (nSPS) is 11.1. The Hall–Kier alpha value is -3.47. The van der Waals surface area contributed by atoms with Crippen LogP contribution in [0.5, 0.6) is 0 Å². The van der Waals surface area contributed by atoms with Crippen LogP contribution in [0, 0.1) is 6.92 Å². The molecule has 3 rings (SSSR count). The van der Waals surface area contributed by atoms with Crippen LogP contribution in [0.4, 0.5) is 4.79 Å². The third-order valence-corrected chi connectivity index (χ3v) is 4.40. The fraction of sp³-hybridized carbons (Fsp3) is 0.240. The molecule has 1 heterocycles. The number of aromatic nitrogens is 1. The van der Waals surface area contributed by atoms with E-state index in [2.05, 4.69) is 10.3 Å². The molecule has 0 fully saturated rings. The van der Waals surface area contributed by atoms with Crippen molar-refractivity contribution in [1.29, 1.82) is 0 Å². The summed E-state index contributed by atoms with van der Waals surface area (Å²) in [4.78, 5) is 29.9. The van der Waals surface area contributed by atoms with Crippen LogP contribution in [0.15, 0.2) is 66.7 Å². The summed E-state index contributed by atoms with van der Waals surface area (Å²) in [6.45, 7) is 7.59. The van der Waals surface area contributed by atoms with Gasteiger partial charge in [-0.15, -0.1) is 0 Å². The molecular formula is C25H26N2O3. The van der Waals surface area contributed by atoms with Gasteiger partial charge in [-0.1, -0.05) is 60.7 Å². The van der Waals surface area contributed by atoms with Gasteiger partial charge in [0.15, 0.2) is 5.78 Å². The van der Waals surface area contributed by atoms with E-state index < -0.39 is 11.7 Å². The van der Waals surface area contributed by atoms with Crippen molar-refractivity contribution >= 4 is 11.9 Å². The minimum absolute atomic E-state index is 0.0689. The zero-order valence-corrected chi connectivity index (χ0v) is 17.7. The van der Waals surface area contributed by atoms with Gasteiger partial charge in [0.05, 0.1) is 5.69 Å². The monoisotopic (exact) mass is 402 g/mol. The van der Waals surface area contributed by atoms with Gasteiger partial charge in [0.25, 0.3) is 0 Å². The highest BCUT2D eigenvalue weighted by atomic mass is 16.6. The van der Waals surface area contributed by atoms with E-state index in [0.717, 1.165) is 16.8 Å². The average Bonchev–Trinajstić information content (AvgIpc) is 2.71. The van der Waals surface area contributed by atoms with Crippen molar-refractivity contribution in [2.75, 3.05) is 0 Å². The SMILES string of the molecule is Cc1ccc(CNC(=O)OC(C)(C)C)c(-c2ccccc2C(=O)c2ccccc2)n1. The maximum absolute atomic E-state index is 13.1. The minimum Gasteiger partial charge on any atom is -0.444 e. The van der Waals surface area contributed by atoms with Gasteiger partial charge in [0, 0.05) is 28.9 Å². The van der Waals surface area contributed by atoms with E-state index >= 15 is 0 Å². The number of nitrogens with one attached hydrogen (secondary N) is 1. The summed E-state index contributed by atoms with van der Waals surface area (Å²) in [5.74, 6) is -0.0689. The Morgan fingerprint density at radius 2 is 1.60 bits per heavy atom. The van der Waals surface area contributed by atoms with Crippen LogP contribution in [0.3, 0.4) is 0 Å². The van der Waals surface area contributed by atoms with Crippen molar-refractivity contribution in [2.24, 2.45) is 0 Å². The summed E-state index contributed by atoms with van der Waals surface area (Å²) in [5.41, 5.74) is 3.65. The Balaban J connectivity index is 1.96. The lowest BCUT2D eigenvalue weighted by Crippen LogP contribution is -2.32. The number of amides is 1. The van der Waals surface area contributed by atoms with E-state index in [1.165, 1.54) is 0 Å². The Bertz CT molecular complexity index is 1050. The third kappa shape index (κ3) is 5.32. The van der Waals surface area contributed by atoms with Crippen LogP contribution in [-0.4, -0.2) is 22.5 Å². The summed E-state index contributed by atoms with van der Waals surface area (Å²) in [7, 11) is 0. The molecule has 0 aliphatic heterocycles. The molecule has 1 aromatic heterocycles. The van der Waals surface area contributed by atoms with Crippen molar-refractivity contribution in [3.63, 3.8) is 0 Å². The number of benzene rings is 2. The van der Waals surface area contributed by atoms with Gasteiger partial charge in [0.1, 0.15) is 5.60 Å². The number of nitrogens with zero attached hydrogens (tertiary/aromatic N) is 1. The standard InChI is InChI=1S/C25H26N2O3/c1-17-14-15-19(16-26-24(29)30-25(2,3)4)22(27-17)20-12-8-9-13-21(20)23(28)18-10-6-5-7-11-18/h5-15H,16H2,1-4H3,(H,26,29). The van der Waals surface area contributed by atoms with E-state index in [9.17, 15) is 9.59 Å². The summed E-state index contributed by atoms with van der Waals surface area (Å²) in [5, 5.41) is 2.78. The Labute approximate surface area is 177 Å². The Morgan fingerprint density at radius 3 is 2.30 bits per heavy atom. The number of carbonyl (C=O) groups excluding carboxylic acids is 2. The van der Waals surface area contributed by atoms with Crippen LogP contribution in [0.1, 0.15) is 48.0 Å². The fourth-order valence-corrected chi connectivity index (χ4v) is 3.08. The highest BCUT2D eigenvalue weighted by molar-refractivity contribution is 6.12. The smallest absolute Gasteiger partial charge is 0.407 e. The van der Waals surface area contributed by atoms with E-state index in [1.807, 2.05) is 76.2 Å². The molecule has 0 radical (unpaired) electrons. The van der Waals surface area contributed by atoms with Crippen LogP contribution >= 0.6 is 0 Å². The summed E-state index contributed by atoms with van der Waals surface area (Å²) < 4.78 is 5.32. The summed E-state index contributed by atoms with van der Waals surface area (Å²) in [6, 6.07) is 20.4. The van der Waals surface area contributed by atoms with Crippen molar-refractivity contribution in [3.05, 3.63) is 89.1 Å². The van der Waals surface area contributed by atoms with Crippen molar-refractivity contribution in [3.8, 4) is 11.3 Å². The predicted octanol–water partition coefficient (Wildman–Crippen LogP) is 5.31. The molecule has 0 bridgehead atoms.